The van der Waals surface area contributed by atoms with Crippen LogP contribution in [0.4, 0.5) is 17.5 Å². The first kappa shape index (κ1) is 17.6. The molecule has 7 nitrogen and oxygen atoms in total. The first-order chi connectivity index (χ1) is 12.3. The summed E-state index contributed by atoms with van der Waals surface area (Å²) in [6.45, 7) is 9.68. The minimum absolute atomic E-state index is 0.253. The molecule has 134 valence electrons. The highest BCUT2D eigenvalue weighted by molar-refractivity contribution is 6.02. The Morgan fingerprint density at radius 2 is 1.65 bits per heavy atom. The quantitative estimate of drug-likeness (QED) is 0.738. The van der Waals surface area contributed by atoms with E-state index in [2.05, 4.69) is 44.8 Å². The number of carbonyl (C=O) groups is 1. The van der Waals surface area contributed by atoms with E-state index < -0.39 is 0 Å². The van der Waals surface area contributed by atoms with Crippen LogP contribution in [0.2, 0.25) is 0 Å². The summed E-state index contributed by atoms with van der Waals surface area (Å²) in [5, 5.41) is 9.66. The first-order valence-electron chi connectivity index (χ1n) is 8.27. The molecular formula is C19H21N5O2. The van der Waals surface area contributed by atoms with Crippen molar-refractivity contribution in [2.45, 2.75) is 34.6 Å². The molecule has 2 heterocycles. The van der Waals surface area contributed by atoms with E-state index >= 15 is 0 Å². The van der Waals surface area contributed by atoms with Gasteiger partial charge in [-0.15, -0.1) is 0 Å². The number of nitrogens with zero attached hydrogens (tertiary/aromatic N) is 3. The highest BCUT2D eigenvalue weighted by Gasteiger charge is 2.14. The lowest BCUT2D eigenvalue weighted by Crippen LogP contribution is -2.16. The maximum absolute atomic E-state index is 12.4. The first-order valence-corrected chi connectivity index (χ1v) is 8.27. The van der Waals surface area contributed by atoms with Gasteiger partial charge in [0.15, 0.2) is 5.82 Å². The van der Waals surface area contributed by atoms with E-state index in [0.717, 1.165) is 16.8 Å². The predicted molar refractivity (Wildman–Crippen MR) is 99.9 cm³/mol. The van der Waals surface area contributed by atoms with Gasteiger partial charge in [0, 0.05) is 17.4 Å². The third kappa shape index (κ3) is 3.88. The Labute approximate surface area is 151 Å². The van der Waals surface area contributed by atoms with Crippen LogP contribution in [0, 0.1) is 34.6 Å². The molecule has 0 unspecified atom stereocenters. The molecule has 1 aromatic carbocycles. The number of aromatic nitrogens is 3. The van der Waals surface area contributed by atoms with E-state index in [-0.39, 0.29) is 11.6 Å². The molecule has 7 heteroatoms. The average Bonchev–Trinajstić information content (AvgIpc) is 2.95. The Balaban J connectivity index is 1.87. The van der Waals surface area contributed by atoms with Crippen molar-refractivity contribution in [3.8, 4) is 0 Å². The summed E-state index contributed by atoms with van der Waals surface area (Å²) in [4.78, 5) is 21.2. The summed E-state index contributed by atoms with van der Waals surface area (Å²) in [5.41, 5.74) is 5.26. The molecule has 0 radical (unpaired) electrons. The van der Waals surface area contributed by atoms with Gasteiger partial charge >= 0.3 is 0 Å². The summed E-state index contributed by atoms with van der Waals surface area (Å²) in [6, 6.07) is 7.45. The van der Waals surface area contributed by atoms with Crippen LogP contribution in [0.3, 0.4) is 0 Å². The fraction of sp³-hybridized carbons (Fsp3) is 0.263. The van der Waals surface area contributed by atoms with Gasteiger partial charge in [0.2, 0.25) is 5.95 Å². The number of nitrogens with one attached hydrogen (secondary N) is 2. The number of hydrogen-bond donors (Lipinski definition) is 2. The molecule has 0 atom stereocenters. The Hall–Kier alpha value is -3.22. The van der Waals surface area contributed by atoms with E-state index in [1.54, 1.807) is 19.1 Å². The lowest BCUT2D eigenvalue weighted by molar-refractivity contribution is 0.102. The lowest BCUT2D eigenvalue weighted by Gasteiger charge is -2.13. The van der Waals surface area contributed by atoms with Crippen LogP contribution in [0.1, 0.15) is 38.6 Å². The molecule has 26 heavy (non-hydrogen) atoms. The third-order valence-corrected chi connectivity index (χ3v) is 3.87. The molecule has 3 rings (SSSR count). The molecule has 2 N–H and O–H groups in total. The lowest BCUT2D eigenvalue weighted by atomic mass is 10.1. The number of anilines is 3. The van der Waals surface area contributed by atoms with Crippen molar-refractivity contribution in [1.82, 2.24) is 15.1 Å². The van der Waals surface area contributed by atoms with Crippen LogP contribution in [-0.4, -0.2) is 21.0 Å². The zero-order chi connectivity index (χ0) is 18.8. The van der Waals surface area contributed by atoms with E-state index in [9.17, 15) is 4.79 Å². The molecular weight excluding hydrogens is 330 g/mol. The van der Waals surface area contributed by atoms with Gasteiger partial charge in [-0.3, -0.25) is 4.79 Å². The van der Waals surface area contributed by atoms with Gasteiger partial charge in [-0.2, -0.15) is 0 Å². The maximum Gasteiger partial charge on any atom is 0.275 e. The van der Waals surface area contributed by atoms with Gasteiger partial charge in [-0.25, -0.2) is 9.97 Å². The number of rotatable bonds is 4. The minimum Gasteiger partial charge on any atom is -0.360 e. The molecule has 0 fully saturated rings. The zero-order valence-electron chi connectivity index (χ0n) is 15.5. The van der Waals surface area contributed by atoms with Gasteiger partial charge in [-0.05, 0) is 51.8 Å². The molecule has 0 aliphatic heterocycles. The van der Waals surface area contributed by atoms with E-state index in [4.69, 9.17) is 4.52 Å². The minimum atomic E-state index is -0.371. The Morgan fingerprint density at radius 3 is 2.27 bits per heavy atom. The average molecular weight is 351 g/mol. The third-order valence-electron chi connectivity index (χ3n) is 3.87. The summed E-state index contributed by atoms with van der Waals surface area (Å²) in [6.07, 6.45) is 0. The Kier molecular flexibility index (Phi) is 4.71. The molecule has 0 saturated heterocycles. The van der Waals surface area contributed by atoms with Crippen LogP contribution in [0.25, 0.3) is 0 Å². The van der Waals surface area contributed by atoms with Gasteiger partial charge < -0.3 is 15.2 Å². The summed E-state index contributed by atoms with van der Waals surface area (Å²) in [7, 11) is 0. The second kappa shape index (κ2) is 6.95. The number of hydrogen-bond acceptors (Lipinski definition) is 6. The maximum atomic E-state index is 12.4. The van der Waals surface area contributed by atoms with Crippen molar-refractivity contribution >= 4 is 23.4 Å². The summed E-state index contributed by atoms with van der Waals surface area (Å²) in [5.74, 6) is 0.973. The number of benzene rings is 1. The molecule has 0 spiro atoms. The van der Waals surface area contributed by atoms with Gasteiger partial charge in [-0.1, -0.05) is 22.9 Å². The highest BCUT2D eigenvalue weighted by atomic mass is 16.5. The van der Waals surface area contributed by atoms with Crippen molar-refractivity contribution in [2.24, 2.45) is 0 Å². The second-order valence-electron chi connectivity index (χ2n) is 6.39. The van der Waals surface area contributed by atoms with E-state index in [1.165, 1.54) is 5.56 Å². The van der Waals surface area contributed by atoms with Crippen LogP contribution >= 0.6 is 0 Å². The van der Waals surface area contributed by atoms with Crippen molar-refractivity contribution in [3.05, 3.63) is 58.1 Å². The molecule has 0 bridgehead atoms. The standard InChI is InChI=1S/C19H21N5O2/c1-10-6-11(2)17(12(3)7-10)23-19-20-13(4)8-15(21-19)18(25)22-16-9-14(5)26-24-16/h6-9H,1-5H3,(H,20,21,23)(H,22,24,25). The number of amides is 1. The molecule has 0 aliphatic rings. The fourth-order valence-electron chi connectivity index (χ4n) is 2.84. The summed E-state index contributed by atoms with van der Waals surface area (Å²) >= 11 is 0. The largest absolute Gasteiger partial charge is 0.360 e. The number of carbonyl (C=O) groups excluding carboxylic acids is 1. The van der Waals surface area contributed by atoms with E-state index in [1.807, 2.05) is 20.8 Å². The molecule has 0 aliphatic carbocycles. The molecule has 0 saturated carbocycles. The highest BCUT2D eigenvalue weighted by Crippen LogP contribution is 2.24. The van der Waals surface area contributed by atoms with Crippen molar-refractivity contribution in [3.63, 3.8) is 0 Å². The molecule has 1 amide bonds. The van der Waals surface area contributed by atoms with Crippen molar-refractivity contribution in [1.29, 1.82) is 0 Å². The monoisotopic (exact) mass is 351 g/mol. The molecule has 2 aromatic heterocycles. The van der Waals surface area contributed by atoms with Crippen molar-refractivity contribution in [2.75, 3.05) is 10.6 Å². The van der Waals surface area contributed by atoms with Crippen LogP contribution < -0.4 is 10.6 Å². The molecule has 3 aromatic rings. The Morgan fingerprint density at radius 1 is 0.962 bits per heavy atom. The van der Waals surface area contributed by atoms with Crippen LogP contribution in [0.5, 0.6) is 0 Å². The zero-order valence-corrected chi connectivity index (χ0v) is 15.5. The van der Waals surface area contributed by atoms with E-state index in [0.29, 0.717) is 23.2 Å². The normalized spacial score (nSPS) is 10.7. The SMILES string of the molecule is Cc1cc(C)c(Nc2nc(C)cc(C(=O)Nc3cc(C)on3)n2)c(C)c1. The topological polar surface area (TPSA) is 92.9 Å². The smallest absolute Gasteiger partial charge is 0.275 e. The van der Waals surface area contributed by atoms with Crippen molar-refractivity contribution < 1.29 is 9.32 Å². The van der Waals surface area contributed by atoms with Gasteiger partial charge in [0.1, 0.15) is 11.5 Å². The fourth-order valence-corrected chi connectivity index (χ4v) is 2.84. The van der Waals surface area contributed by atoms with Gasteiger partial charge in [0.25, 0.3) is 5.91 Å². The van der Waals surface area contributed by atoms with Crippen LogP contribution in [0.15, 0.2) is 28.8 Å². The summed E-state index contributed by atoms with van der Waals surface area (Å²) < 4.78 is 4.95. The Bertz CT molecular complexity index is 955. The van der Waals surface area contributed by atoms with Gasteiger partial charge in [0.05, 0.1) is 0 Å². The van der Waals surface area contributed by atoms with Crippen LogP contribution in [-0.2, 0) is 0 Å². The second-order valence-corrected chi connectivity index (χ2v) is 6.39. The number of aryl methyl sites for hydroxylation is 5. The predicted octanol–water partition coefficient (Wildman–Crippen LogP) is 4.00.